The first-order valence-corrected chi connectivity index (χ1v) is 7.59. The fourth-order valence-corrected chi connectivity index (χ4v) is 2.42. The van der Waals surface area contributed by atoms with Gasteiger partial charge >= 0.3 is 6.09 Å². The Balaban J connectivity index is 1.87. The van der Waals surface area contributed by atoms with Crippen molar-refractivity contribution in [1.82, 2.24) is 14.1 Å². The van der Waals surface area contributed by atoms with E-state index in [-0.39, 0.29) is 0 Å². The summed E-state index contributed by atoms with van der Waals surface area (Å²) in [6, 6.07) is 3.60. The Morgan fingerprint density at radius 1 is 1.33 bits per heavy atom. The maximum atomic E-state index is 11.5. The SMILES string of the molecule is CC(C)(C)OC(=O)NCCNc1c(Cl)ccc2nsnc12. The van der Waals surface area contributed by atoms with Gasteiger partial charge in [0, 0.05) is 13.1 Å². The third kappa shape index (κ3) is 4.44. The minimum atomic E-state index is -0.501. The maximum absolute atomic E-state index is 11.5. The Labute approximate surface area is 132 Å². The predicted octanol–water partition coefficient (Wildman–Crippen LogP) is 3.28. The van der Waals surface area contributed by atoms with E-state index in [0.717, 1.165) is 28.4 Å². The number of carbonyl (C=O) groups excluding carboxylic acids is 1. The molecule has 0 radical (unpaired) electrons. The molecule has 0 atom stereocenters. The zero-order valence-corrected chi connectivity index (χ0v) is 13.6. The quantitative estimate of drug-likeness (QED) is 0.842. The minimum Gasteiger partial charge on any atom is -0.444 e. The van der Waals surface area contributed by atoms with E-state index in [4.69, 9.17) is 16.3 Å². The highest BCUT2D eigenvalue weighted by Crippen LogP contribution is 2.29. The van der Waals surface area contributed by atoms with E-state index >= 15 is 0 Å². The van der Waals surface area contributed by atoms with Crippen LogP contribution in [0.2, 0.25) is 5.02 Å². The number of nitrogens with zero attached hydrogens (tertiary/aromatic N) is 2. The Hall–Kier alpha value is -1.60. The number of amides is 1. The first kappa shape index (κ1) is 15.8. The molecule has 0 aliphatic carbocycles. The summed E-state index contributed by atoms with van der Waals surface area (Å²) in [5.74, 6) is 0. The van der Waals surface area contributed by atoms with E-state index < -0.39 is 11.7 Å². The van der Waals surface area contributed by atoms with Crippen LogP contribution in [0.4, 0.5) is 10.5 Å². The van der Waals surface area contributed by atoms with Crippen molar-refractivity contribution in [2.75, 3.05) is 18.4 Å². The highest BCUT2D eigenvalue weighted by Gasteiger charge is 2.15. The zero-order chi connectivity index (χ0) is 15.5. The number of hydrogen-bond acceptors (Lipinski definition) is 6. The number of alkyl carbamates (subject to hydrolysis) is 1. The zero-order valence-electron chi connectivity index (χ0n) is 12.1. The molecule has 0 saturated carbocycles. The molecule has 8 heteroatoms. The second kappa shape index (κ2) is 6.44. The molecule has 0 spiro atoms. The predicted molar refractivity (Wildman–Crippen MR) is 85.2 cm³/mol. The van der Waals surface area contributed by atoms with Gasteiger partial charge in [-0.05, 0) is 32.9 Å². The summed E-state index contributed by atoms with van der Waals surface area (Å²) >= 11 is 7.29. The van der Waals surface area contributed by atoms with Crippen molar-refractivity contribution in [2.24, 2.45) is 0 Å². The van der Waals surface area contributed by atoms with Crippen molar-refractivity contribution in [3.05, 3.63) is 17.2 Å². The van der Waals surface area contributed by atoms with E-state index in [0.29, 0.717) is 18.1 Å². The lowest BCUT2D eigenvalue weighted by Crippen LogP contribution is -2.35. The van der Waals surface area contributed by atoms with Crippen LogP contribution in [-0.4, -0.2) is 33.5 Å². The Bertz CT molecular complexity index is 639. The molecular weight excluding hydrogens is 312 g/mol. The summed E-state index contributed by atoms with van der Waals surface area (Å²) in [5.41, 5.74) is 1.77. The van der Waals surface area contributed by atoms with Crippen LogP contribution in [-0.2, 0) is 4.74 Å². The molecule has 2 N–H and O–H groups in total. The van der Waals surface area contributed by atoms with Gasteiger partial charge in [0.05, 0.1) is 22.4 Å². The van der Waals surface area contributed by atoms with E-state index in [1.807, 2.05) is 26.8 Å². The Kier molecular flexibility index (Phi) is 4.84. The van der Waals surface area contributed by atoms with Gasteiger partial charge in [-0.1, -0.05) is 11.6 Å². The van der Waals surface area contributed by atoms with Gasteiger partial charge in [0.2, 0.25) is 0 Å². The molecule has 1 heterocycles. The number of benzene rings is 1. The van der Waals surface area contributed by atoms with Crippen LogP contribution >= 0.6 is 23.3 Å². The van der Waals surface area contributed by atoms with Crippen LogP contribution in [0.25, 0.3) is 11.0 Å². The van der Waals surface area contributed by atoms with Crippen molar-refractivity contribution in [2.45, 2.75) is 26.4 Å². The normalized spacial score (nSPS) is 11.4. The molecule has 114 valence electrons. The summed E-state index contributed by atoms with van der Waals surface area (Å²) in [7, 11) is 0. The number of hydrogen-bond donors (Lipinski definition) is 2. The summed E-state index contributed by atoms with van der Waals surface area (Å²) in [4.78, 5) is 11.5. The van der Waals surface area contributed by atoms with Gasteiger partial charge in [-0.2, -0.15) is 8.75 Å². The number of anilines is 1. The van der Waals surface area contributed by atoms with Gasteiger partial charge < -0.3 is 15.4 Å². The first-order chi connectivity index (χ1) is 9.87. The summed E-state index contributed by atoms with van der Waals surface area (Å²) in [6.07, 6.45) is -0.441. The molecule has 1 aromatic carbocycles. The van der Waals surface area contributed by atoms with Crippen LogP contribution in [0.15, 0.2) is 12.1 Å². The molecule has 0 unspecified atom stereocenters. The molecule has 0 aliphatic heterocycles. The molecule has 2 rings (SSSR count). The number of ether oxygens (including phenoxy) is 1. The fraction of sp³-hybridized carbons (Fsp3) is 0.462. The van der Waals surface area contributed by atoms with Crippen LogP contribution < -0.4 is 10.6 Å². The van der Waals surface area contributed by atoms with Gasteiger partial charge in [0.1, 0.15) is 16.6 Å². The number of aromatic nitrogens is 2. The Morgan fingerprint density at radius 2 is 2.10 bits per heavy atom. The van der Waals surface area contributed by atoms with Crippen molar-refractivity contribution >= 4 is 46.1 Å². The molecule has 0 saturated heterocycles. The van der Waals surface area contributed by atoms with Gasteiger partial charge in [0.25, 0.3) is 0 Å². The molecule has 0 fully saturated rings. The number of carbonyl (C=O) groups is 1. The van der Waals surface area contributed by atoms with E-state index in [1.54, 1.807) is 6.07 Å². The summed E-state index contributed by atoms with van der Waals surface area (Å²) < 4.78 is 13.5. The summed E-state index contributed by atoms with van der Waals surface area (Å²) in [5, 5.41) is 6.41. The molecule has 1 aromatic heterocycles. The van der Waals surface area contributed by atoms with Crippen molar-refractivity contribution in [3.8, 4) is 0 Å². The highest BCUT2D eigenvalue weighted by atomic mass is 35.5. The molecule has 2 aromatic rings. The lowest BCUT2D eigenvalue weighted by molar-refractivity contribution is 0.0530. The first-order valence-electron chi connectivity index (χ1n) is 6.48. The minimum absolute atomic E-state index is 0.416. The third-order valence-corrected chi connectivity index (χ3v) is 3.33. The van der Waals surface area contributed by atoms with E-state index in [1.165, 1.54) is 0 Å². The van der Waals surface area contributed by atoms with E-state index in [2.05, 4.69) is 19.4 Å². The van der Waals surface area contributed by atoms with E-state index in [9.17, 15) is 4.79 Å². The fourth-order valence-electron chi connectivity index (χ4n) is 1.66. The molecule has 0 aliphatic rings. The average Bonchev–Trinajstić information content (AvgIpc) is 2.82. The Morgan fingerprint density at radius 3 is 2.81 bits per heavy atom. The standard InChI is InChI=1S/C13H17ClN4O2S/c1-13(2,3)20-12(19)16-7-6-15-10-8(14)4-5-9-11(10)18-21-17-9/h4-5,15H,6-7H2,1-3H3,(H,16,19). The van der Waals surface area contributed by atoms with Gasteiger partial charge in [-0.3, -0.25) is 0 Å². The molecule has 0 bridgehead atoms. The van der Waals surface area contributed by atoms with Crippen LogP contribution in [0.3, 0.4) is 0 Å². The average molecular weight is 329 g/mol. The number of fused-ring (bicyclic) bond motifs is 1. The van der Waals surface area contributed by atoms with Gasteiger partial charge in [-0.25, -0.2) is 4.79 Å². The van der Waals surface area contributed by atoms with Crippen molar-refractivity contribution in [3.63, 3.8) is 0 Å². The summed E-state index contributed by atoms with van der Waals surface area (Å²) in [6.45, 7) is 6.39. The second-order valence-corrected chi connectivity index (χ2v) is 6.35. The smallest absolute Gasteiger partial charge is 0.407 e. The molecule has 1 amide bonds. The number of halogens is 1. The molecular formula is C13H17ClN4O2S. The lowest BCUT2D eigenvalue weighted by Gasteiger charge is -2.19. The van der Waals surface area contributed by atoms with Crippen molar-refractivity contribution < 1.29 is 9.53 Å². The monoisotopic (exact) mass is 328 g/mol. The van der Waals surface area contributed by atoms with Crippen LogP contribution in [0.1, 0.15) is 20.8 Å². The highest BCUT2D eigenvalue weighted by molar-refractivity contribution is 7.00. The molecule has 6 nitrogen and oxygen atoms in total. The number of nitrogens with one attached hydrogen (secondary N) is 2. The van der Waals surface area contributed by atoms with Gasteiger partial charge in [0.15, 0.2) is 0 Å². The largest absolute Gasteiger partial charge is 0.444 e. The third-order valence-electron chi connectivity index (χ3n) is 2.47. The second-order valence-electron chi connectivity index (χ2n) is 5.41. The lowest BCUT2D eigenvalue weighted by atomic mass is 10.2. The van der Waals surface area contributed by atoms with Crippen LogP contribution in [0.5, 0.6) is 0 Å². The topological polar surface area (TPSA) is 76.1 Å². The maximum Gasteiger partial charge on any atom is 0.407 e. The molecule has 21 heavy (non-hydrogen) atoms. The van der Waals surface area contributed by atoms with Crippen molar-refractivity contribution in [1.29, 1.82) is 0 Å². The van der Waals surface area contributed by atoms with Crippen LogP contribution in [0, 0.1) is 0 Å². The van der Waals surface area contributed by atoms with Gasteiger partial charge in [-0.15, -0.1) is 0 Å². The number of rotatable bonds is 4.